The highest BCUT2D eigenvalue weighted by molar-refractivity contribution is 5.79. The molecule has 0 saturated carbocycles. The number of fused-ring (bicyclic) bond motifs is 1. The van der Waals surface area contributed by atoms with Crippen molar-refractivity contribution in [3.05, 3.63) is 24.0 Å². The second kappa shape index (κ2) is 3.84. The van der Waals surface area contributed by atoms with Gasteiger partial charge in [0.25, 0.3) is 0 Å². The summed E-state index contributed by atoms with van der Waals surface area (Å²) < 4.78 is 1.90. The molecule has 0 bridgehead atoms. The Morgan fingerprint density at radius 2 is 2.31 bits per heavy atom. The van der Waals surface area contributed by atoms with E-state index in [-0.39, 0.29) is 6.42 Å². The van der Waals surface area contributed by atoms with Crippen LogP contribution < -0.4 is 5.73 Å². The number of aryl methyl sites for hydroxylation is 2. The van der Waals surface area contributed by atoms with E-state index in [1.54, 1.807) is 6.07 Å². The van der Waals surface area contributed by atoms with Gasteiger partial charge >= 0.3 is 5.97 Å². The van der Waals surface area contributed by atoms with Crippen LogP contribution in [0.25, 0.3) is 11.0 Å². The normalized spacial score (nSPS) is 10.8. The number of carboxylic acids is 1. The standard InChI is InChI=1S/C11H13N3O2/c1-14-9-3-2-7(12)6-8(9)13-10(14)4-5-11(15)16/h2-3,6H,4-5,12H2,1H3,(H,15,16). The molecule has 0 fully saturated rings. The molecule has 5 nitrogen and oxygen atoms in total. The van der Waals surface area contributed by atoms with E-state index >= 15 is 0 Å². The van der Waals surface area contributed by atoms with Gasteiger partial charge in [-0.1, -0.05) is 0 Å². The van der Waals surface area contributed by atoms with E-state index in [4.69, 9.17) is 10.8 Å². The third-order valence-electron chi connectivity index (χ3n) is 2.56. The van der Waals surface area contributed by atoms with E-state index in [9.17, 15) is 4.79 Å². The maximum Gasteiger partial charge on any atom is 0.303 e. The topological polar surface area (TPSA) is 81.1 Å². The molecule has 1 heterocycles. The van der Waals surface area contributed by atoms with Crippen molar-refractivity contribution in [1.82, 2.24) is 9.55 Å². The van der Waals surface area contributed by atoms with Gasteiger partial charge in [-0.2, -0.15) is 0 Å². The van der Waals surface area contributed by atoms with E-state index < -0.39 is 5.97 Å². The van der Waals surface area contributed by atoms with Crippen LogP contribution in [-0.4, -0.2) is 20.6 Å². The number of aliphatic carboxylic acids is 1. The number of nitrogen functional groups attached to an aromatic ring is 1. The largest absolute Gasteiger partial charge is 0.481 e. The van der Waals surface area contributed by atoms with Crippen molar-refractivity contribution in [2.75, 3.05) is 5.73 Å². The molecule has 0 aliphatic heterocycles. The molecule has 84 valence electrons. The van der Waals surface area contributed by atoms with Crippen LogP contribution >= 0.6 is 0 Å². The number of nitrogens with zero attached hydrogens (tertiary/aromatic N) is 2. The number of benzene rings is 1. The Labute approximate surface area is 92.5 Å². The Kier molecular flexibility index (Phi) is 2.52. The van der Waals surface area contributed by atoms with Gasteiger partial charge in [-0.15, -0.1) is 0 Å². The first-order valence-corrected chi connectivity index (χ1v) is 5.00. The number of anilines is 1. The van der Waals surface area contributed by atoms with E-state index in [1.165, 1.54) is 0 Å². The smallest absolute Gasteiger partial charge is 0.303 e. The van der Waals surface area contributed by atoms with Gasteiger partial charge in [-0.3, -0.25) is 4.79 Å². The summed E-state index contributed by atoms with van der Waals surface area (Å²) in [6, 6.07) is 5.49. The molecule has 0 aliphatic carbocycles. The van der Waals surface area contributed by atoms with Crippen LogP contribution in [-0.2, 0) is 18.3 Å². The minimum atomic E-state index is -0.813. The second-order valence-electron chi connectivity index (χ2n) is 3.73. The number of rotatable bonds is 3. The summed E-state index contributed by atoms with van der Waals surface area (Å²) in [5.41, 5.74) is 8.10. The summed E-state index contributed by atoms with van der Waals surface area (Å²) in [6.45, 7) is 0. The van der Waals surface area contributed by atoms with Crippen LogP contribution in [0.4, 0.5) is 5.69 Å². The third-order valence-corrected chi connectivity index (χ3v) is 2.56. The quantitative estimate of drug-likeness (QED) is 0.759. The number of hydrogen-bond donors (Lipinski definition) is 2. The zero-order valence-corrected chi connectivity index (χ0v) is 8.97. The molecule has 1 aromatic heterocycles. The number of aromatic nitrogens is 2. The maximum atomic E-state index is 10.5. The van der Waals surface area contributed by atoms with Gasteiger partial charge in [0, 0.05) is 19.2 Å². The van der Waals surface area contributed by atoms with Crippen LogP contribution in [0, 0.1) is 0 Å². The average Bonchev–Trinajstić information content (AvgIpc) is 2.52. The Balaban J connectivity index is 2.39. The predicted octanol–water partition coefficient (Wildman–Crippen LogP) is 1.17. The molecule has 5 heteroatoms. The van der Waals surface area contributed by atoms with Gasteiger partial charge in [0.05, 0.1) is 17.5 Å². The summed E-state index contributed by atoms with van der Waals surface area (Å²) in [4.78, 5) is 14.9. The van der Waals surface area contributed by atoms with E-state index in [1.807, 2.05) is 23.7 Å². The molecule has 0 saturated heterocycles. The number of carbonyl (C=O) groups is 1. The predicted molar refractivity (Wildman–Crippen MR) is 61.1 cm³/mol. The SMILES string of the molecule is Cn1c(CCC(=O)O)nc2cc(N)ccc21. The summed E-state index contributed by atoms with van der Waals surface area (Å²) in [6.07, 6.45) is 0.521. The van der Waals surface area contributed by atoms with Crippen LogP contribution in [0.15, 0.2) is 18.2 Å². The zero-order valence-electron chi connectivity index (χ0n) is 8.97. The van der Waals surface area contributed by atoms with Crippen LogP contribution in [0.2, 0.25) is 0 Å². The second-order valence-corrected chi connectivity index (χ2v) is 3.73. The van der Waals surface area contributed by atoms with Crippen LogP contribution in [0.5, 0.6) is 0 Å². The molecule has 0 unspecified atom stereocenters. The lowest BCUT2D eigenvalue weighted by Gasteiger charge is -1.99. The lowest BCUT2D eigenvalue weighted by atomic mass is 10.3. The van der Waals surface area contributed by atoms with Crippen molar-refractivity contribution in [1.29, 1.82) is 0 Å². The molecule has 16 heavy (non-hydrogen) atoms. The van der Waals surface area contributed by atoms with E-state index in [0.717, 1.165) is 16.9 Å². The highest BCUT2D eigenvalue weighted by atomic mass is 16.4. The van der Waals surface area contributed by atoms with E-state index in [0.29, 0.717) is 12.1 Å². The molecule has 3 N–H and O–H groups in total. The molecule has 2 rings (SSSR count). The van der Waals surface area contributed by atoms with Gasteiger partial charge < -0.3 is 15.4 Å². The average molecular weight is 219 g/mol. The fourth-order valence-electron chi connectivity index (χ4n) is 1.71. The fourth-order valence-corrected chi connectivity index (χ4v) is 1.71. The van der Waals surface area contributed by atoms with Crippen LogP contribution in [0.1, 0.15) is 12.2 Å². The number of imidazole rings is 1. The van der Waals surface area contributed by atoms with Gasteiger partial charge in [0.2, 0.25) is 0 Å². The first-order chi connectivity index (χ1) is 7.58. The Hall–Kier alpha value is -2.04. The Bertz CT molecular complexity index is 545. The molecular formula is C11H13N3O2. The van der Waals surface area contributed by atoms with Crippen molar-refractivity contribution >= 4 is 22.7 Å². The summed E-state index contributed by atoms with van der Waals surface area (Å²) >= 11 is 0. The number of hydrogen-bond acceptors (Lipinski definition) is 3. The lowest BCUT2D eigenvalue weighted by molar-refractivity contribution is -0.137. The van der Waals surface area contributed by atoms with Crippen LogP contribution in [0.3, 0.4) is 0 Å². The Morgan fingerprint density at radius 1 is 1.56 bits per heavy atom. The van der Waals surface area contributed by atoms with Gasteiger partial charge in [-0.05, 0) is 18.2 Å². The Morgan fingerprint density at radius 3 is 3.00 bits per heavy atom. The van der Waals surface area contributed by atoms with Gasteiger partial charge in [0.1, 0.15) is 5.82 Å². The molecule has 2 aromatic rings. The molecule has 1 aromatic carbocycles. The molecule has 0 amide bonds. The first kappa shape index (κ1) is 10.5. The maximum absolute atomic E-state index is 10.5. The van der Waals surface area contributed by atoms with Gasteiger partial charge in [0.15, 0.2) is 0 Å². The molecule has 0 atom stereocenters. The van der Waals surface area contributed by atoms with Crippen molar-refractivity contribution in [2.24, 2.45) is 7.05 Å². The number of nitrogens with two attached hydrogens (primary N) is 1. The van der Waals surface area contributed by atoms with Crippen molar-refractivity contribution in [3.8, 4) is 0 Å². The van der Waals surface area contributed by atoms with Crippen molar-refractivity contribution in [2.45, 2.75) is 12.8 Å². The summed E-state index contributed by atoms with van der Waals surface area (Å²) in [5.74, 6) is -0.0467. The first-order valence-electron chi connectivity index (χ1n) is 5.00. The van der Waals surface area contributed by atoms with Crippen molar-refractivity contribution in [3.63, 3.8) is 0 Å². The monoisotopic (exact) mass is 219 g/mol. The third kappa shape index (κ3) is 1.84. The van der Waals surface area contributed by atoms with Crippen molar-refractivity contribution < 1.29 is 9.90 Å². The minimum Gasteiger partial charge on any atom is -0.481 e. The highest BCUT2D eigenvalue weighted by Crippen LogP contribution is 2.18. The molecule has 0 aliphatic rings. The molecular weight excluding hydrogens is 206 g/mol. The zero-order chi connectivity index (χ0) is 11.7. The summed E-state index contributed by atoms with van der Waals surface area (Å²) in [7, 11) is 1.88. The fraction of sp³-hybridized carbons (Fsp3) is 0.273. The lowest BCUT2D eigenvalue weighted by Crippen LogP contribution is -2.03. The summed E-state index contributed by atoms with van der Waals surface area (Å²) in [5, 5.41) is 8.63. The molecule has 0 spiro atoms. The highest BCUT2D eigenvalue weighted by Gasteiger charge is 2.09. The van der Waals surface area contributed by atoms with Gasteiger partial charge in [-0.25, -0.2) is 4.98 Å². The minimum absolute atomic E-state index is 0.0899. The van der Waals surface area contributed by atoms with E-state index in [2.05, 4.69) is 4.98 Å². The number of carboxylic acid groups (broad SMARTS) is 1. The molecule has 0 radical (unpaired) electrons.